The molecule has 2 bridgehead atoms. The molecule has 11 atom stereocenters. The zero-order chi connectivity index (χ0) is 42.7. The summed E-state index contributed by atoms with van der Waals surface area (Å²) in [5.74, 6) is -0.657. The molecule has 2 N–H and O–H groups in total. The highest BCUT2D eigenvalue weighted by Crippen LogP contribution is 2.61. The molecule has 61 heavy (non-hydrogen) atoms. The van der Waals surface area contributed by atoms with Crippen molar-refractivity contribution in [2.24, 2.45) is 22.7 Å². The number of hydrogen-bond donors (Lipinski definition) is 2. The Labute approximate surface area is 362 Å². The Kier molecular flexibility index (Phi) is 12.0. The lowest BCUT2D eigenvalue weighted by Gasteiger charge is -2.53. The first-order chi connectivity index (χ1) is 29.3. The lowest BCUT2D eigenvalue weighted by molar-refractivity contribution is -0.225. The van der Waals surface area contributed by atoms with Gasteiger partial charge in [0.2, 0.25) is 11.8 Å². The number of aliphatic hydroxyl groups excluding tert-OH is 1. The third-order valence-electron chi connectivity index (χ3n) is 16.3. The molecule has 3 saturated carbocycles. The number of rotatable bonds is 15. The maximum Gasteiger partial charge on any atom is 0.327 e. The number of carbonyl (C=O) groups excluding carboxylic acids is 3. The Balaban J connectivity index is 1.01. The second kappa shape index (κ2) is 16.9. The van der Waals surface area contributed by atoms with Crippen molar-refractivity contribution in [3.8, 4) is 0 Å². The van der Waals surface area contributed by atoms with Gasteiger partial charge in [0.1, 0.15) is 35.9 Å². The molecule has 1 aromatic carbocycles. The first-order valence-corrected chi connectivity index (χ1v) is 24.0. The second-order valence-corrected chi connectivity index (χ2v) is 20.7. The first-order valence-electron chi connectivity index (χ1n) is 24.0. The maximum absolute atomic E-state index is 15.4. The average Bonchev–Trinajstić information content (AvgIpc) is 3.62. The van der Waals surface area contributed by atoms with Crippen LogP contribution in [0, 0.1) is 22.7 Å². The van der Waals surface area contributed by atoms with Crippen molar-refractivity contribution in [1.82, 2.24) is 15.3 Å². The number of esters is 1. The number of amides is 2. The largest absolute Gasteiger partial charge is 0.458 e. The molecule has 11 unspecified atom stereocenters. The van der Waals surface area contributed by atoms with Crippen molar-refractivity contribution < 1.29 is 43.3 Å². The summed E-state index contributed by atoms with van der Waals surface area (Å²) < 4.78 is 26.6. The number of hydroxylamine groups is 2. The molecule has 336 valence electrons. The molecule has 2 amide bonds. The van der Waals surface area contributed by atoms with Crippen LogP contribution >= 0.6 is 0 Å². The molecule has 0 aromatic heterocycles. The Hall–Kier alpha value is -2.87. The standard InChI is InChI=1S/C49H71N3O9/c1-6-8-10-21-48(22-11-9-7-2)59-39-37-29-49(45(56)51-25-12-13-36(51)43(54)50-24-26-53)41(44(55)57-37)52(61-42(49)40(39)60-48)30-32-16-14-31(15-17-32)27-33-18-19-38-47(5,58-38)23-20-35-34(33)28-46(35,3)4/h14-17,27,34-42,53H,6-13,18-26,28-30H2,1-5H3,(H,50,54). The zero-order valence-corrected chi connectivity index (χ0v) is 37.3. The van der Waals surface area contributed by atoms with Crippen LogP contribution < -0.4 is 5.32 Å². The number of fused-ring (bicyclic) bond motifs is 6. The maximum atomic E-state index is 15.4. The minimum absolute atomic E-state index is 0.0483. The van der Waals surface area contributed by atoms with Crippen LogP contribution in [-0.2, 0) is 44.7 Å². The number of nitrogens with one attached hydrogen (secondary N) is 1. The van der Waals surface area contributed by atoms with Gasteiger partial charge in [-0.1, -0.05) is 89.3 Å². The number of unbranched alkanes of at least 4 members (excludes halogenated alkanes) is 4. The molecule has 9 rings (SSSR count). The van der Waals surface area contributed by atoms with E-state index in [-0.39, 0.29) is 43.5 Å². The van der Waals surface area contributed by atoms with Gasteiger partial charge in [-0.2, -0.15) is 5.06 Å². The molecule has 5 aliphatic heterocycles. The SMILES string of the molecule is CCCCCC1(CCCCC)OC2C3CC4(C(=O)N5CCCC5C(=O)NCCO)C(ON(Cc5ccc(C=C6CCC7OC7(C)CCC7C6CC7(C)C)cc5)C4C(=O)O3)C2O1. The van der Waals surface area contributed by atoms with Gasteiger partial charge in [0.15, 0.2) is 11.8 Å². The van der Waals surface area contributed by atoms with E-state index in [1.54, 1.807) is 9.96 Å². The van der Waals surface area contributed by atoms with Gasteiger partial charge in [0, 0.05) is 32.4 Å². The number of likely N-dealkylation sites (tertiary alicyclic amines) is 1. The molecule has 12 heteroatoms. The van der Waals surface area contributed by atoms with Gasteiger partial charge in [-0.15, -0.1) is 0 Å². The summed E-state index contributed by atoms with van der Waals surface area (Å²) in [6.07, 6.45) is 14.7. The van der Waals surface area contributed by atoms with E-state index in [0.717, 1.165) is 68.9 Å². The van der Waals surface area contributed by atoms with Crippen molar-refractivity contribution >= 4 is 23.9 Å². The third kappa shape index (κ3) is 7.81. The predicted octanol–water partition coefficient (Wildman–Crippen LogP) is 7.00. The third-order valence-corrected chi connectivity index (χ3v) is 16.3. The molecule has 8 fully saturated rings. The van der Waals surface area contributed by atoms with E-state index >= 15 is 4.79 Å². The molecule has 12 nitrogen and oxygen atoms in total. The van der Waals surface area contributed by atoms with E-state index in [4.69, 9.17) is 23.8 Å². The number of aliphatic hydroxyl groups is 1. The summed E-state index contributed by atoms with van der Waals surface area (Å²) in [4.78, 5) is 51.9. The number of carbonyl (C=O) groups is 3. The monoisotopic (exact) mass is 846 g/mol. The predicted molar refractivity (Wildman–Crippen MR) is 228 cm³/mol. The number of epoxide rings is 1. The number of benzene rings is 1. The molecular weight excluding hydrogens is 775 g/mol. The highest BCUT2D eigenvalue weighted by Gasteiger charge is 2.77. The smallest absolute Gasteiger partial charge is 0.327 e. The summed E-state index contributed by atoms with van der Waals surface area (Å²) in [5.41, 5.74) is 2.69. The number of ether oxygens (including phenoxy) is 4. The van der Waals surface area contributed by atoms with Gasteiger partial charge < -0.3 is 34.3 Å². The average molecular weight is 846 g/mol. The van der Waals surface area contributed by atoms with Gasteiger partial charge >= 0.3 is 5.97 Å². The highest BCUT2D eigenvalue weighted by molar-refractivity contribution is 5.96. The van der Waals surface area contributed by atoms with Crippen LogP contribution in [0.2, 0.25) is 0 Å². The van der Waals surface area contributed by atoms with Crippen molar-refractivity contribution in [2.75, 3.05) is 19.7 Å². The van der Waals surface area contributed by atoms with Crippen LogP contribution in [0.3, 0.4) is 0 Å². The quantitative estimate of drug-likeness (QED) is 0.108. The van der Waals surface area contributed by atoms with Crippen molar-refractivity contribution in [2.45, 2.75) is 198 Å². The Bertz CT molecular complexity index is 1820. The van der Waals surface area contributed by atoms with Gasteiger partial charge in [0.05, 0.1) is 24.9 Å². The van der Waals surface area contributed by atoms with Crippen LogP contribution in [0.1, 0.15) is 148 Å². The molecule has 0 spiro atoms. The molecule has 0 radical (unpaired) electrons. The summed E-state index contributed by atoms with van der Waals surface area (Å²) >= 11 is 0. The normalized spacial score (nSPS) is 38.7. The van der Waals surface area contributed by atoms with Crippen molar-refractivity contribution in [3.63, 3.8) is 0 Å². The van der Waals surface area contributed by atoms with Crippen LogP contribution in [0.4, 0.5) is 0 Å². The van der Waals surface area contributed by atoms with Crippen LogP contribution in [0.5, 0.6) is 0 Å². The summed E-state index contributed by atoms with van der Waals surface area (Å²) in [6, 6.07) is 6.80. The molecule has 8 aliphatic rings. The van der Waals surface area contributed by atoms with Gasteiger partial charge in [-0.05, 0) is 93.1 Å². The Morgan fingerprint density at radius 3 is 2.38 bits per heavy atom. The number of allylic oxidation sites excluding steroid dienone is 1. The fourth-order valence-corrected chi connectivity index (χ4v) is 12.8. The molecular formula is C49H71N3O9. The minimum atomic E-state index is -1.34. The fraction of sp³-hybridized carbons (Fsp3) is 0.776. The minimum Gasteiger partial charge on any atom is -0.458 e. The van der Waals surface area contributed by atoms with E-state index in [1.165, 1.54) is 18.4 Å². The van der Waals surface area contributed by atoms with Gasteiger partial charge in [-0.3, -0.25) is 19.2 Å². The van der Waals surface area contributed by atoms with Crippen LogP contribution in [0.25, 0.3) is 6.08 Å². The summed E-state index contributed by atoms with van der Waals surface area (Å²) in [7, 11) is 0. The Morgan fingerprint density at radius 1 is 0.934 bits per heavy atom. The van der Waals surface area contributed by atoms with E-state index in [9.17, 15) is 14.7 Å². The summed E-state index contributed by atoms with van der Waals surface area (Å²) in [6.45, 7) is 12.1. The topological polar surface area (TPSA) is 139 Å². The molecule has 5 heterocycles. The fourth-order valence-electron chi connectivity index (χ4n) is 12.8. The van der Waals surface area contributed by atoms with E-state index in [0.29, 0.717) is 55.6 Å². The second-order valence-electron chi connectivity index (χ2n) is 20.7. The number of nitrogens with zero attached hydrogens (tertiary/aromatic N) is 2. The number of hydrogen-bond acceptors (Lipinski definition) is 10. The highest BCUT2D eigenvalue weighted by atomic mass is 16.8. The van der Waals surface area contributed by atoms with Crippen LogP contribution in [0.15, 0.2) is 29.8 Å². The van der Waals surface area contributed by atoms with E-state index in [1.807, 2.05) is 0 Å². The molecule has 3 aliphatic carbocycles. The first kappa shape index (κ1) is 43.4. The van der Waals surface area contributed by atoms with E-state index < -0.39 is 53.7 Å². The molecule has 1 aromatic rings. The van der Waals surface area contributed by atoms with Gasteiger partial charge in [0.25, 0.3) is 0 Å². The summed E-state index contributed by atoms with van der Waals surface area (Å²) in [5, 5.41) is 13.9. The van der Waals surface area contributed by atoms with Crippen molar-refractivity contribution in [3.05, 3.63) is 41.0 Å². The van der Waals surface area contributed by atoms with Crippen LogP contribution in [-0.4, -0.2) is 107 Å². The lowest BCUT2D eigenvalue weighted by atomic mass is 9.52. The molecule has 5 saturated heterocycles. The van der Waals surface area contributed by atoms with E-state index in [2.05, 4.69) is 70.3 Å². The zero-order valence-electron chi connectivity index (χ0n) is 37.3. The van der Waals surface area contributed by atoms with Crippen molar-refractivity contribution in [1.29, 1.82) is 0 Å². The van der Waals surface area contributed by atoms with Gasteiger partial charge in [-0.25, -0.2) is 0 Å². The Morgan fingerprint density at radius 2 is 1.67 bits per heavy atom. The lowest BCUT2D eigenvalue weighted by Crippen LogP contribution is -2.70.